The maximum absolute atomic E-state index is 10.1. The van der Waals surface area contributed by atoms with Crippen LogP contribution in [0.15, 0.2) is 24.5 Å². The van der Waals surface area contributed by atoms with Crippen LogP contribution in [0.25, 0.3) is 0 Å². The standard InChI is InChI=1S/C16H20N2O/c1-11-9-17-7-6-13(11)10-18-12(2)8-14-15(18)4-3-5-16(14)19/h6-9,16,19H,3-5,10H2,1-2H3. The highest BCUT2D eigenvalue weighted by Crippen LogP contribution is 2.32. The third-order valence-electron chi connectivity index (χ3n) is 4.16. The lowest BCUT2D eigenvalue weighted by Gasteiger charge is -2.21. The van der Waals surface area contributed by atoms with Crippen molar-refractivity contribution >= 4 is 0 Å². The molecule has 1 N–H and O–H groups in total. The number of aromatic nitrogens is 2. The summed E-state index contributed by atoms with van der Waals surface area (Å²) in [4.78, 5) is 4.15. The van der Waals surface area contributed by atoms with Gasteiger partial charge in [-0.25, -0.2) is 0 Å². The van der Waals surface area contributed by atoms with E-state index in [1.807, 2.05) is 12.4 Å². The summed E-state index contributed by atoms with van der Waals surface area (Å²) in [6.07, 6.45) is 6.53. The Morgan fingerprint density at radius 2 is 2.26 bits per heavy atom. The van der Waals surface area contributed by atoms with Crippen LogP contribution < -0.4 is 0 Å². The van der Waals surface area contributed by atoms with Gasteiger partial charge in [0.15, 0.2) is 0 Å². The van der Waals surface area contributed by atoms with E-state index in [1.54, 1.807) is 0 Å². The van der Waals surface area contributed by atoms with E-state index in [4.69, 9.17) is 0 Å². The average Bonchev–Trinajstić information content (AvgIpc) is 2.71. The minimum absolute atomic E-state index is 0.276. The zero-order valence-corrected chi connectivity index (χ0v) is 11.6. The molecular formula is C16H20N2O. The molecule has 0 saturated carbocycles. The Kier molecular flexibility index (Phi) is 3.15. The van der Waals surface area contributed by atoms with Crippen molar-refractivity contribution in [1.29, 1.82) is 0 Å². The lowest BCUT2D eigenvalue weighted by molar-refractivity contribution is 0.156. The topological polar surface area (TPSA) is 38.0 Å². The molecule has 3 nitrogen and oxygen atoms in total. The van der Waals surface area contributed by atoms with Crippen LogP contribution in [0.4, 0.5) is 0 Å². The highest BCUT2D eigenvalue weighted by atomic mass is 16.3. The Balaban J connectivity index is 2.00. The van der Waals surface area contributed by atoms with E-state index in [2.05, 4.69) is 35.5 Å². The molecule has 0 aromatic carbocycles. The SMILES string of the molecule is Cc1cnccc1Cn1c(C)cc2c1CCCC2O. The third-order valence-corrected chi connectivity index (χ3v) is 4.16. The van der Waals surface area contributed by atoms with Crippen LogP contribution in [0.2, 0.25) is 0 Å². The smallest absolute Gasteiger partial charge is 0.0807 e. The molecule has 2 heterocycles. The number of pyridine rings is 1. The van der Waals surface area contributed by atoms with Crippen LogP contribution in [-0.2, 0) is 13.0 Å². The summed E-state index contributed by atoms with van der Waals surface area (Å²) < 4.78 is 2.35. The molecule has 0 radical (unpaired) electrons. The van der Waals surface area contributed by atoms with Crippen molar-refractivity contribution in [3.05, 3.63) is 52.6 Å². The molecule has 2 aromatic heterocycles. The predicted molar refractivity (Wildman–Crippen MR) is 75.1 cm³/mol. The van der Waals surface area contributed by atoms with Gasteiger partial charge in [0.1, 0.15) is 0 Å². The van der Waals surface area contributed by atoms with Crippen molar-refractivity contribution < 1.29 is 5.11 Å². The lowest BCUT2D eigenvalue weighted by atomic mass is 9.95. The van der Waals surface area contributed by atoms with Crippen LogP contribution in [0.3, 0.4) is 0 Å². The molecule has 0 bridgehead atoms. The molecule has 1 unspecified atom stereocenters. The van der Waals surface area contributed by atoms with Gasteiger partial charge in [0.2, 0.25) is 0 Å². The summed E-state index contributed by atoms with van der Waals surface area (Å²) in [5, 5.41) is 10.1. The normalized spacial score (nSPS) is 18.4. The van der Waals surface area contributed by atoms with Gasteiger partial charge in [-0.3, -0.25) is 4.98 Å². The first-order valence-corrected chi connectivity index (χ1v) is 6.93. The number of rotatable bonds is 2. The zero-order chi connectivity index (χ0) is 13.4. The Hall–Kier alpha value is -1.61. The summed E-state index contributed by atoms with van der Waals surface area (Å²) in [5.41, 5.74) is 6.21. The molecule has 3 heteroatoms. The van der Waals surface area contributed by atoms with E-state index in [9.17, 15) is 5.11 Å². The molecule has 0 fully saturated rings. The summed E-state index contributed by atoms with van der Waals surface area (Å²) >= 11 is 0. The van der Waals surface area contributed by atoms with Crippen LogP contribution in [0.1, 0.15) is 47.0 Å². The predicted octanol–water partition coefficient (Wildman–Crippen LogP) is 2.92. The summed E-state index contributed by atoms with van der Waals surface area (Å²) in [5.74, 6) is 0. The van der Waals surface area contributed by atoms with Crippen molar-refractivity contribution in [2.24, 2.45) is 0 Å². The van der Waals surface area contributed by atoms with E-state index < -0.39 is 0 Å². The first-order valence-electron chi connectivity index (χ1n) is 6.93. The highest BCUT2D eigenvalue weighted by Gasteiger charge is 2.23. The number of aliphatic hydroxyl groups excluding tert-OH is 1. The highest BCUT2D eigenvalue weighted by molar-refractivity contribution is 5.33. The van der Waals surface area contributed by atoms with E-state index >= 15 is 0 Å². The maximum Gasteiger partial charge on any atom is 0.0807 e. The van der Waals surface area contributed by atoms with E-state index in [0.717, 1.165) is 31.4 Å². The molecule has 1 atom stereocenters. The minimum atomic E-state index is -0.276. The van der Waals surface area contributed by atoms with Gasteiger partial charge in [-0.2, -0.15) is 0 Å². The molecule has 3 rings (SSSR count). The zero-order valence-electron chi connectivity index (χ0n) is 11.6. The summed E-state index contributed by atoms with van der Waals surface area (Å²) in [6.45, 7) is 5.10. The Morgan fingerprint density at radius 1 is 1.42 bits per heavy atom. The summed E-state index contributed by atoms with van der Waals surface area (Å²) in [6, 6.07) is 4.23. The van der Waals surface area contributed by atoms with Crippen LogP contribution in [-0.4, -0.2) is 14.7 Å². The van der Waals surface area contributed by atoms with Gasteiger partial charge in [-0.1, -0.05) is 0 Å². The Morgan fingerprint density at radius 3 is 3.05 bits per heavy atom. The van der Waals surface area contributed by atoms with Crippen molar-refractivity contribution in [2.75, 3.05) is 0 Å². The van der Waals surface area contributed by atoms with E-state index in [0.29, 0.717) is 0 Å². The monoisotopic (exact) mass is 256 g/mol. The first kappa shape index (κ1) is 12.4. The first-order chi connectivity index (χ1) is 9.16. The van der Waals surface area contributed by atoms with Crippen LogP contribution in [0.5, 0.6) is 0 Å². The van der Waals surface area contributed by atoms with Gasteiger partial charge < -0.3 is 9.67 Å². The molecule has 100 valence electrons. The third kappa shape index (κ3) is 2.19. The largest absolute Gasteiger partial charge is 0.388 e. The fourth-order valence-corrected chi connectivity index (χ4v) is 3.01. The second-order valence-electron chi connectivity index (χ2n) is 5.48. The number of aryl methyl sites for hydroxylation is 2. The molecule has 0 saturated heterocycles. The minimum Gasteiger partial charge on any atom is -0.388 e. The summed E-state index contributed by atoms with van der Waals surface area (Å²) in [7, 11) is 0. The van der Waals surface area contributed by atoms with Crippen LogP contribution in [0, 0.1) is 13.8 Å². The van der Waals surface area contributed by atoms with Crippen molar-refractivity contribution in [2.45, 2.75) is 45.8 Å². The number of hydrogen-bond donors (Lipinski definition) is 1. The second kappa shape index (κ2) is 4.82. The maximum atomic E-state index is 10.1. The number of fused-ring (bicyclic) bond motifs is 1. The molecule has 1 aliphatic rings. The fraction of sp³-hybridized carbons (Fsp3) is 0.438. The quantitative estimate of drug-likeness (QED) is 0.897. The van der Waals surface area contributed by atoms with Crippen molar-refractivity contribution in [3.8, 4) is 0 Å². The van der Waals surface area contributed by atoms with Crippen molar-refractivity contribution in [1.82, 2.24) is 9.55 Å². The van der Waals surface area contributed by atoms with E-state index in [1.165, 1.54) is 22.5 Å². The lowest BCUT2D eigenvalue weighted by Crippen LogP contribution is -2.13. The average molecular weight is 256 g/mol. The number of aliphatic hydroxyl groups is 1. The Labute approximate surface area is 113 Å². The molecule has 0 amide bonds. The van der Waals surface area contributed by atoms with Gasteiger partial charge in [0, 0.05) is 35.9 Å². The number of hydrogen-bond acceptors (Lipinski definition) is 2. The fourth-order valence-electron chi connectivity index (χ4n) is 3.01. The van der Waals surface area contributed by atoms with Gasteiger partial charge >= 0.3 is 0 Å². The molecule has 0 aliphatic heterocycles. The molecule has 2 aromatic rings. The van der Waals surface area contributed by atoms with Crippen molar-refractivity contribution in [3.63, 3.8) is 0 Å². The van der Waals surface area contributed by atoms with E-state index in [-0.39, 0.29) is 6.10 Å². The van der Waals surface area contributed by atoms with Gasteiger partial charge in [-0.15, -0.1) is 0 Å². The molecule has 19 heavy (non-hydrogen) atoms. The second-order valence-corrected chi connectivity index (χ2v) is 5.48. The number of nitrogens with zero attached hydrogens (tertiary/aromatic N) is 2. The van der Waals surface area contributed by atoms with Crippen LogP contribution >= 0.6 is 0 Å². The van der Waals surface area contributed by atoms with Gasteiger partial charge in [0.05, 0.1) is 6.10 Å². The molecule has 0 spiro atoms. The molecule has 1 aliphatic carbocycles. The Bertz CT molecular complexity index is 601. The van der Waals surface area contributed by atoms with Gasteiger partial charge in [-0.05, 0) is 56.4 Å². The molecular weight excluding hydrogens is 236 g/mol. The van der Waals surface area contributed by atoms with Gasteiger partial charge in [0.25, 0.3) is 0 Å².